The van der Waals surface area contributed by atoms with Crippen molar-refractivity contribution < 1.29 is 9.18 Å². The Labute approximate surface area is 144 Å². The molecule has 0 aliphatic rings. The molecule has 0 bridgehead atoms. The number of aromatic nitrogens is 3. The minimum Gasteiger partial charge on any atom is -0.338 e. The number of benzene rings is 2. The van der Waals surface area contributed by atoms with Crippen LogP contribution in [-0.2, 0) is 13.5 Å². The Morgan fingerprint density at radius 2 is 2.04 bits per heavy atom. The predicted octanol–water partition coefficient (Wildman–Crippen LogP) is 2.99. The second kappa shape index (κ2) is 7.57. The second-order valence-electron chi connectivity index (χ2n) is 5.58. The first kappa shape index (κ1) is 16.6. The Balaban J connectivity index is 1.54. The maximum Gasteiger partial charge on any atom is 0.319 e. The number of hydrogen-bond donors (Lipinski definition) is 2. The van der Waals surface area contributed by atoms with Gasteiger partial charge < -0.3 is 10.6 Å². The number of aryl methyl sites for hydroxylation is 1. The highest BCUT2D eigenvalue weighted by Gasteiger charge is 2.06. The van der Waals surface area contributed by atoms with Gasteiger partial charge in [0.2, 0.25) is 0 Å². The molecular formula is C18H18FN5O. The molecule has 128 valence electrons. The van der Waals surface area contributed by atoms with Crippen molar-refractivity contribution in [3.05, 3.63) is 66.2 Å². The number of urea groups is 1. The number of nitrogens with one attached hydrogen (secondary N) is 2. The largest absolute Gasteiger partial charge is 0.338 e. The summed E-state index contributed by atoms with van der Waals surface area (Å²) < 4.78 is 14.7. The van der Waals surface area contributed by atoms with Crippen molar-refractivity contribution in [3.8, 4) is 11.4 Å². The van der Waals surface area contributed by atoms with E-state index in [-0.39, 0.29) is 11.8 Å². The van der Waals surface area contributed by atoms with Gasteiger partial charge in [-0.15, -0.1) is 0 Å². The van der Waals surface area contributed by atoms with Crippen LogP contribution in [0, 0.1) is 5.82 Å². The Kier molecular flexibility index (Phi) is 5.03. The molecule has 6 nitrogen and oxygen atoms in total. The molecule has 0 atom stereocenters. The minimum atomic E-state index is -0.317. The van der Waals surface area contributed by atoms with E-state index in [9.17, 15) is 9.18 Å². The summed E-state index contributed by atoms with van der Waals surface area (Å²) in [4.78, 5) is 16.2. The van der Waals surface area contributed by atoms with E-state index in [1.54, 1.807) is 30.2 Å². The molecule has 0 aliphatic heterocycles. The van der Waals surface area contributed by atoms with Crippen LogP contribution in [0.4, 0.5) is 14.9 Å². The molecule has 0 spiro atoms. The number of nitrogens with zero attached hydrogens (tertiary/aromatic N) is 3. The molecule has 1 heterocycles. The van der Waals surface area contributed by atoms with Crippen molar-refractivity contribution in [2.45, 2.75) is 6.42 Å². The molecule has 2 amide bonds. The van der Waals surface area contributed by atoms with Crippen LogP contribution in [0.5, 0.6) is 0 Å². The van der Waals surface area contributed by atoms with Crippen molar-refractivity contribution in [2.75, 3.05) is 11.9 Å². The van der Waals surface area contributed by atoms with Gasteiger partial charge in [0.15, 0.2) is 5.82 Å². The van der Waals surface area contributed by atoms with E-state index >= 15 is 0 Å². The molecule has 7 heteroatoms. The van der Waals surface area contributed by atoms with Crippen LogP contribution in [0.15, 0.2) is 54.9 Å². The highest BCUT2D eigenvalue weighted by atomic mass is 19.1. The van der Waals surface area contributed by atoms with Crippen LogP contribution in [0.2, 0.25) is 0 Å². The van der Waals surface area contributed by atoms with Gasteiger partial charge in [-0.3, -0.25) is 4.68 Å². The molecular weight excluding hydrogens is 321 g/mol. The van der Waals surface area contributed by atoms with Crippen molar-refractivity contribution >= 4 is 11.7 Å². The smallest absolute Gasteiger partial charge is 0.319 e. The monoisotopic (exact) mass is 339 g/mol. The summed E-state index contributed by atoms with van der Waals surface area (Å²) in [7, 11) is 1.80. The number of rotatable bonds is 5. The summed E-state index contributed by atoms with van der Waals surface area (Å²) in [5.41, 5.74) is 2.30. The first-order valence-electron chi connectivity index (χ1n) is 7.85. The maximum absolute atomic E-state index is 13.1. The SMILES string of the molecule is Cn1cnc(-c2cccc(NC(=O)NCCc3cccc(F)c3)c2)n1. The van der Waals surface area contributed by atoms with Gasteiger partial charge in [-0.1, -0.05) is 24.3 Å². The van der Waals surface area contributed by atoms with Crippen molar-refractivity contribution in [1.29, 1.82) is 0 Å². The third-order valence-electron chi connectivity index (χ3n) is 3.57. The zero-order chi connectivity index (χ0) is 17.6. The lowest BCUT2D eigenvalue weighted by molar-refractivity contribution is 0.252. The maximum atomic E-state index is 13.1. The highest BCUT2D eigenvalue weighted by Crippen LogP contribution is 2.18. The zero-order valence-corrected chi connectivity index (χ0v) is 13.7. The van der Waals surface area contributed by atoms with Gasteiger partial charge >= 0.3 is 6.03 Å². The number of carbonyl (C=O) groups excluding carboxylic acids is 1. The molecule has 3 rings (SSSR count). The Morgan fingerprint density at radius 3 is 2.80 bits per heavy atom. The van der Waals surface area contributed by atoms with Crippen LogP contribution in [0.25, 0.3) is 11.4 Å². The van der Waals surface area contributed by atoms with Crippen molar-refractivity contribution in [1.82, 2.24) is 20.1 Å². The quantitative estimate of drug-likeness (QED) is 0.751. The molecule has 3 aromatic rings. The number of hydrogen-bond acceptors (Lipinski definition) is 3. The summed E-state index contributed by atoms with van der Waals surface area (Å²) in [6, 6.07) is 13.3. The Morgan fingerprint density at radius 1 is 1.20 bits per heavy atom. The topological polar surface area (TPSA) is 71.8 Å². The molecule has 0 saturated carbocycles. The van der Waals surface area contributed by atoms with Crippen LogP contribution in [0.3, 0.4) is 0 Å². The Hall–Kier alpha value is -3.22. The van der Waals surface area contributed by atoms with E-state index in [1.165, 1.54) is 12.1 Å². The van der Waals surface area contributed by atoms with Crippen LogP contribution >= 0.6 is 0 Å². The standard InChI is InChI=1S/C18H18FN5O/c1-24-12-21-17(23-24)14-5-3-7-16(11-14)22-18(25)20-9-8-13-4-2-6-15(19)10-13/h2-7,10-12H,8-9H2,1H3,(H2,20,22,25). The lowest BCUT2D eigenvalue weighted by Gasteiger charge is -2.08. The fourth-order valence-corrected chi connectivity index (χ4v) is 2.40. The van der Waals surface area contributed by atoms with Crippen LogP contribution in [-0.4, -0.2) is 27.3 Å². The van der Waals surface area contributed by atoms with Gasteiger partial charge in [0.25, 0.3) is 0 Å². The minimum absolute atomic E-state index is 0.276. The molecule has 25 heavy (non-hydrogen) atoms. The molecule has 1 aromatic heterocycles. The average molecular weight is 339 g/mol. The fourth-order valence-electron chi connectivity index (χ4n) is 2.40. The number of carbonyl (C=O) groups is 1. The molecule has 0 radical (unpaired) electrons. The summed E-state index contributed by atoms with van der Waals surface area (Å²) in [6.45, 7) is 0.413. The summed E-state index contributed by atoms with van der Waals surface area (Å²) >= 11 is 0. The van der Waals surface area contributed by atoms with E-state index in [4.69, 9.17) is 0 Å². The van der Waals surface area contributed by atoms with Crippen LogP contribution < -0.4 is 10.6 Å². The number of anilines is 1. The molecule has 0 saturated heterocycles. The lowest BCUT2D eigenvalue weighted by atomic mass is 10.1. The van der Waals surface area contributed by atoms with Gasteiger partial charge in [-0.05, 0) is 36.2 Å². The van der Waals surface area contributed by atoms with E-state index in [2.05, 4.69) is 20.7 Å². The first-order valence-corrected chi connectivity index (χ1v) is 7.85. The Bertz CT molecular complexity index is 877. The van der Waals surface area contributed by atoms with Gasteiger partial charge in [0, 0.05) is 24.8 Å². The molecule has 2 N–H and O–H groups in total. The van der Waals surface area contributed by atoms with Crippen LogP contribution in [0.1, 0.15) is 5.56 Å². The van der Waals surface area contributed by atoms with E-state index in [0.29, 0.717) is 24.5 Å². The van der Waals surface area contributed by atoms with Gasteiger partial charge in [-0.2, -0.15) is 5.10 Å². The van der Waals surface area contributed by atoms with E-state index in [0.717, 1.165) is 11.1 Å². The predicted molar refractivity (Wildman–Crippen MR) is 93.6 cm³/mol. The van der Waals surface area contributed by atoms with Gasteiger partial charge in [0.05, 0.1) is 0 Å². The third kappa shape index (κ3) is 4.63. The average Bonchev–Trinajstić information content (AvgIpc) is 3.02. The van der Waals surface area contributed by atoms with Gasteiger partial charge in [0.1, 0.15) is 12.1 Å². The van der Waals surface area contributed by atoms with E-state index < -0.39 is 0 Å². The summed E-state index contributed by atoms with van der Waals surface area (Å²) in [5, 5.41) is 9.76. The van der Waals surface area contributed by atoms with E-state index in [1.807, 2.05) is 24.3 Å². The zero-order valence-electron chi connectivity index (χ0n) is 13.7. The first-order chi connectivity index (χ1) is 12.1. The van der Waals surface area contributed by atoms with Gasteiger partial charge in [-0.25, -0.2) is 14.2 Å². The second-order valence-corrected chi connectivity index (χ2v) is 5.58. The number of halogens is 1. The fraction of sp³-hybridized carbons (Fsp3) is 0.167. The third-order valence-corrected chi connectivity index (χ3v) is 3.57. The van der Waals surface area contributed by atoms with Crippen molar-refractivity contribution in [2.24, 2.45) is 7.05 Å². The highest BCUT2D eigenvalue weighted by molar-refractivity contribution is 5.89. The van der Waals surface area contributed by atoms with Crippen molar-refractivity contribution in [3.63, 3.8) is 0 Å². The summed E-state index contributed by atoms with van der Waals surface area (Å²) in [6.07, 6.45) is 2.18. The molecule has 0 aliphatic carbocycles. The summed E-state index contributed by atoms with van der Waals surface area (Å²) in [5.74, 6) is 0.319. The lowest BCUT2D eigenvalue weighted by Crippen LogP contribution is -2.30. The molecule has 0 unspecified atom stereocenters. The molecule has 2 aromatic carbocycles. The molecule has 0 fully saturated rings. The number of amides is 2. The normalized spacial score (nSPS) is 10.5.